The summed E-state index contributed by atoms with van der Waals surface area (Å²) >= 11 is 0. The molecular weight excluding hydrogens is 374 g/mol. The van der Waals surface area contributed by atoms with Gasteiger partial charge in [0.1, 0.15) is 7.14 Å². The lowest BCUT2D eigenvalue weighted by Gasteiger charge is -2.07. The second kappa shape index (κ2) is 6.35. The normalized spacial score (nSPS) is 12.5. The van der Waals surface area contributed by atoms with E-state index in [0.717, 1.165) is 9.54 Å². The predicted molar refractivity (Wildman–Crippen MR) is 102 cm³/mol. The average molecular weight is 392 g/mol. The number of aryl methyl sites for hydroxylation is 1. The quantitative estimate of drug-likeness (QED) is 0.495. The van der Waals surface area contributed by atoms with Crippen molar-refractivity contribution < 1.29 is 23.0 Å². The highest BCUT2D eigenvalue weighted by Crippen LogP contribution is 2.38. The van der Waals surface area contributed by atoms with Crippen molar-refractivity contribution in [1.29, 1.82) is 0 Å². The molecule has 0 atom stereocenters. The van der Waals surface area contributed by atoms with Gasteiger partial charge in [0.25, 0.3) is 10.0 Å². The van der Waals surface area contributed by atoms with E-state index < -0.39 is 24.3 Å². The first kappa shape index (κ1) is 18.9. The number of rotatable bonds is 4. The Balaban J connectivity index is 2.33. The largest absolute Gasteiger partial charge is 0.490 e. The number of hydrogen-bond acceptors (Lipinski definition) is 6. The Bertz CT molecular complexity index is 1130. The number of pyridine rings is 1. The Morgan fingerprint density at radius 2 is 1.77 bits per heavy atom. The average Bonchev–Trinajstić information content (AvgIpc) is 2.94. The van der Waals surface area contributed by atoms with E-state index in [1.165, 1.54) is 43.9 Å². The van der Waals surface area contributed by atoms with Crippen LogP contribution in [0.2, 0.25) is 0 Å². The molecule has 0 aliphatic rings. The van der Waals surface area contributed by atoms with E-state index in [0.29, 0.717) is 10.7 Å². The number of hydrogen-bond donors (Lipinski definition) is 2. The lowest BCUT2D eigenvalue weighted by molar-refractivity contribution is 0.425. The minimum absolute atomic E-state index is 0.0849. The number of aromatic nitrogens is 2. The summed E-state index contributed by atoms with van der Waals surface area (Å²) in [5, 5.41) is 19.4. The molecule has 2 N–H and O–H groups in total. The number of nitrogens with zero attached hydrogens (tertiary/aromatic N) is 2. The Morgan fingerprint density at radius 3 is 2.31 bits per heavy atom. The van der Waals surface area contributed by atoms with Crippen LogP contribution in [-0.2, 0) is 14.6 Å². The summed E-state index contributed by atoms with van der Waals surface area (Å²) < 4.78 is 39.8. The summed E-state index contributed by atoms with van der Waals surface area (Å²) in [6.45, 7) is 4.90. The van der Waals surface area contributed by atoms with Gasteiger partial charge in [-0.1, -0.05) is 17.7 Å². The van der Waals surface area contributed by atoms with Gasteiger partial charge in [-0.15, -0.1) is 0 Å². The van der Waals surface area contributed by atoms with Crippen LogP contribution in [0.15, 0.2) is 47.6 Å². The van der Waals surface area contributed by atoms with Crippen molar-refractivity contribution in [3.63, 3.8) is 0 Å². The molecule has 1 aromatic carbocycles. The van der Waals surface area contributed by atoms with Crippen molar-refractivity contribution in [3.8, 4) is 0 Å². The highest BCUT2D eigenvalue weighted by molar-refractivity contribution is 7.90. The van der Waals surface area contributed by atoms with Gasteiger partial charge in [0, 0.05) is 28.5 Å². The SMILES string of the molecule is Cc1ccc(S(=O)(=O)n2cc(P(C)(C)=O)c3cc(B(O)O)cnc32)cc1. The van der Waals surface area contributed by atoms with Crippen molar-refractivity contribution in [2.75, 3.05) is 13.3 Å². The molecule has 3 aromatic rings. The molecule has 2 heterocycles. The fourth-order valence-electron chi connectivity index (χ4n) is 2.66. The van der Waals surface area contributed by atoms with Crippen LogP contribution in [0, 0.1) is 6.92 Å². The Morgan fingerprint density at radius 1 is 1.15 bits per heavy atom. The smallest absolute Gasteiger partial charge is 0.423 e. The third-order valence-electron chi connectivity index (χ3n) is 4.07. The zero-order valence-corrected chi connectivity index (χ0v) is 16.2. The number of fused-ring (bicyclic) bond motifs is 1. The van der Waals surface area contributed by atoms with E-state index in [1.807, 2.05) is 6.92 Å². The van der Waals surface area contributed by atoms with Crippen molar-refractivity contribution in [3.05, 3.63) is 48.3 Å². The lowest BCUT2D eigenvalue weighted by atomic mass is 9.81. The maximum Gasteiger partial charge on any atom is 0.490 e. The summed E-state index contributed by atoms with van der Waals surface area (Å²) in [5.41, 5.74) is 1.11. The first-order chi connectivity index (χ1) is 12.0. The minimum Gasteiger partial charge on any atom is -0.423 e. The van der Waals surface area contributed by atoms with E-state index in [4.69, 9.17) is 0 Å². The van der Waals surface area contributed by atoms with Crippen molar-refractivity contribution >= 4 is 46.1 Å². The van der Waals surface area contributed by atoms with Crippen LogP contribution < -0.4 is 10.8 Å². The minimum atomic E-state index is -3.95. The third kappa shape index (κ3) is 3.23. The third-order valence-corrected chi connectivity index (χ3v) is 7.25. The molecule has 0 saturated carbocycles. The molecular formula is C16H18BN2O5PS. The van der Waals surface area contributed by atoms with Crippen molar-refractivity contribution in [2.24, 2.45) is 0 Å². The molecule has 0 radical (unpaired) electrons. The highest BCUT2D eigenvalue weighted by atomic mass is 32.2. The molecule has 7 nitrogen and oxygen atoms in total. The Kier molecular flexibility index (Phi) is 4.61. The molecule has 3 rings (SSSR count). The first-order valence-corrected chi connectivity index (χ1v) is 11.8. The number of benzene rings is 1. The van der Waals surface area contributed by atoms with Crippen LogP contribution in [0.1, 0.15) is 5.56 Å². The molecule has 0 aliphatic carbocycles. The lowest BCUT2D eigenvalue weighted by Crippen LogP contribution is -2.30. The van der Waals surface area contributed by atoms with E-state index in [-0.39, 0.29) is 16.0 Å². The predicted octanol–water partition coefficient (Wildman–Crippen LogP) is 0.510. The first-order valence-electron chi connectivity index (χ1n) is 7.77. The highest BCUT2D eigenvalue weighted by Gasteiger charge is 2.27. The molecule has 0 fully saturated rings. The van der Waals surface area contributed by atoms with E-state index >= 15 is 0 Å². The fourth-order valence-corrected chi connectivity index (χ4v) is 5.20. The zero-order valence-electron chi connectivity index (χ0n) is 14.5. The maximum absolute atomic E-state index is 13.1. The van der Waals surface area contributed by atoms with E-state index in [2.05, 4.69) is 4.98 Å². The second-order valence-electron chi connectivity index (χ2n) is 6.49. The van der Waals surface area contributed by atoms with Gasteiger partial charge in [-0.25, -0.2) is 17.4 Å². The molecule has 10 heteroatoms. The molecule has 0 unspecified atom stereocenters. The van der Waals surface area contributed by atoms with Gasteiger partial charge in [-0.2, -0.15) is 0 Å². The maximum atomic E-state index is 13.1. The van der Waals surface area contributed by atoms with E-state index in [9.17, 15) is 23.0 Å². The summed E-state index contributed by atoms with van der Waals surface area (Å²) in [6.07, 6.45) is 2.50. The van der Waals surface area contributed by atoms with Gasteiger partial charge in [-0.3, -0.25) is 0 Å². The van der Waals surface area contributed by atoms with Gasteiger partial charge < -0.3 is 14.6 Å². The van der Waals surface area contributed by atoms with Crippen molar-refractivity contribution in [1.82, 2.24) is 8.96 Å². The van der Waals surface area contributed by atoms with Gasteiger partial charge in [0.15, 0.2) is 5.65 Å². The topological polar surface area (TPSA) is 109 Å². The van der Waals surface area contributed by atoms with Crippen molar-refractivity contribution in [2.45, 2.75) is 11.8 Å². The van der Waals surface area contributed by atoms with Crippen LogP contribution in [0.4, 0.5) is 0 Å². The Labute approximate surface area is 151 Å². The molecule has 0 saturated heterocycles. The van der Waals surface area contributed by atoms with Gasteiger partial charge in [0.05, 0.1) is 4.90 Å². The molecule has 0 bridgehead atoms. The molecule has 2 aromatic heterocycles. The Hall–Kier alpha value is -1.93. The standard InChI is InChI=1S/C16H18BN2O5PS/c1-11-4-6-13(7-5-11)26(23,24)19-10-15(25(2,3)22)14-8-12(17(20)21)9-18-16(14)19/h4-10,20-21H,1-3H3. The zero-order chi connectivity index (χ0) is 19.3. The summed E-state index contributed by atoms with van der Waals surface area (Å²) in [4.78, 5) is 4.17. The molecule has 136 valence electrons. The summed E-state index contributed by atoms with van der Waals surface area (Å²) in [7, 11) is -8.56. The van der Waals surface area contributed by atoms with Crippen LogP contribution in [0.25, 0.3) is 11.0 Å². The molecule has 0 amide bonds. The van der Waals surface area contributed by atoms with Gasteiger partial charge in [0.2, 0.25) is 0 Å². The summed E-state index contributed by atoms with van der Waals surface area (Å²) in [6, 6.07) is 7.79. The van der Waals surface area contributed by atoms with Gasteiger partial charge >= 0.3 is 7.12 Å². The summed E-state index contributed by atoms with van der Waals surface area (Å²) in [5.74, 6) is 0. The molecule has 0 aliphatic heterocycles. The second-order valence-corrected chi connectivity index (χ2v) is 11.5. The van der Waals surface area contributed by atoms with E-state index in [1.54, 1.807) is 12.1 Å². The fraction of sp³-hybridized carbons (Fsp3) is 0.188. The van der Waals surface area contributed by atoms with Crippen LogP contribution >= 0.6 is 7.14 Å². The van der Waals surface area contributed by atoms with Crippen LogP contribution in [0.5, 0.6) is 0 Å². The van der Waals surface area contributed by atoms with Gasteiger partial charge in [-0.05, 0) is 38.5 Å². The monoisotopic (exact) mass is 392 g/mol. The molecule has 26 heavy (non-hydrogen) atoms. The molecule has 0 spiro atoms. The van der Waals surface area contributed by atoms with Crippen LogP contribution in [-0.4, -0.2) is 47.9 Å². The van der Waals surface area contributed by atoms with Crippen LogP contribution in [0.3, 0.4) is 0 Å².